The first-order valence-corrected chi connectivity index (χ1v) is 7.85. The van der Waals surface area contributed by atoms with Crippen molar-refractivity contribution >= 4 is 35.3 Å². The number of benzene rings is 2. The molecule has 0 atom stereocenters. The lowest BCUT2D eigenvalue weighted by Crippen LogP contribution is -2.54. The second-order valence-electron chi connectivity index (χ2n) is 5.64. The summed E-state index contributed by atoms with van der Waals surface area (Å²) in [6, 6.07) is 9.24. The van der Waals surface area contributed by atoms with Crippen molar-refractivity contribution in [2.24, 2.45) is 0 Å². The number of carbonyl (C=O) groups is 3. The van der Waals surface area contributed by atoms with Gasteiger partial charge in [0.25, 0.3) is 11.8 Å². The molecule has 1 heterocycles. The molecule has 1 fully saturated rings. The van der Waals surface area contributed by atoms with Gasteiger partial charge in [-0.05, 0) is 29.8 Å². The molecule has 0 radical (unpaired) electrons. The topological polar surface area (TPSA) is 139 Å². The Morgan fingerprint density at radius 1 is 1.18 bits per heavy atom. The van der Waals surface area contributed by atoms with E-state index in [-0.39, 0.29) is 17.0 Å². The Kier molecular flexibility index (Phi) is 4.77. The predicted octanol–water partition coefficient (Wildman–Crippen LogP) is 1.98. The zero-order valence-corrected chi connectivity index (χ0v) is 14.4. The number of nitro benzene ring substituents is 1. The van der Waals surface area contributed by atoms with Gasteiger partial charge in [0.15, 0.2) is 5.75 Å². The normalized spacial score (nSPS) is 15.5. The van der Waals surface area contributed by atoms with E-state index in [0.29, 0.717) is 0 Å². The van der Waals surface area contributed by atoms with Gasteiger partial charge in [0.05, 0.1) is 17.7 Å². The number of barbiturate groups is 1. The quantitative estimate of drug-likeness (QED) is 0.356. The number of imide groups is 2. The zero-order valence-electron chi connectivity index (χ0n) is 14.4. The average molecular weight is 383 g/mol. The predicted molar refractivity (Wildman–Crippen MR) is 96.8 cm³/mol. The van der Waals surface area contributed by atoms with E-state index < -0.39 is 39.8 Å². The number of urea groups is 1. The smallest absolute Gasteiger partial charge is 0.335 e. The van der Waals surface area contributed by atoms with Crippen molar-refractivity contribution in [3.63, 3.8) is 0 Å². The molecule has 0 aliphatic carbocycles. The molecular formula is C18H13N3O7. The fourth-order valence-corrected chi connectivity index (χ4v) is 2.63. The number of nitro groups is 1. The number of rotatable bonds is 4. The lowest BCUT2D eigenvalue weighted by atomic mass is 10.1. The maximum Gasteiger partial charge on any atom is 0.335 e. The molecule has 0 saturated carbocycles. The van der Waals surface area contributed by atoms with Gasteiger partial charge in [-0.3, -0.25) is 25.0 Å². The van der Waals surface area contributed by atoms with Gasteiger partial charge in [0, 0.05) is 6.07 Å². The molecule has 1 aliphatic rings. The molecule has 0 bridgehead atoms. The van der Waals surface area contributed by atoms with Gasteiger partial charge in [-0.25, -0.2) is 9.69 Å². The van der Waals surface area contributed by atoms with Gasteiger partial charge in [0.1, 0.15) is 5.57 Å². The van der Waals surface area contributed by atoms with Gasteiger partial charge in [0.2, 0.25) is 5.75 Å². The molecule has 1 saturated heterocycles. The van der Waals surface area contributed by atoms with Crippen LogP contribution in [0.2, 0.25) is 0 Å². The molecule has 0 spiro atoms. The number of methoxy groups -OCH3 is 1. The van der Waals surface area contributed by atoms with Crippen molar-refractivity contribution < 1.29 is 29.2 Å². The van der Waals surface area contributed by atoms with Crippen molar-refractivity contribution in [3.8, 4) is 11.5 Å². The molecule has 3 rings (SSSR count). The highest BCUT2D eigenvalue weighted by Crippen LogP contribution is 2.37. The number of nitrogens with one attached hydrogen (secondary N) is 1. The van der Waals surface area contributed by atoms with E-state index in [4.69, 9.17) is 4.74 Å². The van der Waals surface area contributed by atoms with E-state index in [1.165, 1.54) is 25.3 Å². The summed E-state index contributed by atoms with van der Waals surface area (Å²) in [6.45, 7) is 0. The van der Waals surface area contributed by atoms with Crippen LogP contribution >= 0.6 is 0 Å². The van der Waals surface area contributed by atoms with E-state index in [2.05, 4.69) is 5.32 Å². The second kappa shape index (κ2) is 7.19. The largest absolute Gasteiger partial charge is 0.500 e. The molecule has 0 aromatic heterocycles. The first-order chi connectivity index (χ1) is 13.3. The zero-order chi connectivity index (χ0) is 20.4. The summed E-state index contributed by atoms with van der Waals surface area (Å²) in [6.07, 6.45) is 1.08. The fraction of sp³-hybridized carbons (Fsp3) is 0.0556. The summed E-state index contributed by atoms with van der Waals surface area (Å²) in [7, 11) is 1.20. The van der Waals surface area contributed by atoms with Crippen LogP contribution in [-0.2, 0) is 9.59 Å². The number of amides is 4. The molecular weight excluding hydrogens is 370 g/mol. The first kappa shape index (κ1) is 18.6. The van der Waals surface area contributed by atoms with E-state index in [1.807, 2.05) is 0 Å². The summed E-state index contributed by atoms with van der Waals surface area (Å²) < 4.78 is 4.89. The Bertz CT molecular complexity index is 1030. The minimum absolute atomic E-state index is 0.0576. The van der Waals surface area contributed by atoms with Gasteiger partial charge in [-0.2, -0.15) is 0 Å². The van der Waals surface area contributed by atoms with E-state index in [9.17, 15) is 29.6 Å². The van der Waals surface area contributed by atoms with Crippen LogP contribution in [0.25, 0.3) is 6.08 Å². The molecule has 2 aromatic carbocycles. The maximum atomic E-state index is 12.8. The minimum Gasteiger partial charge on any atom is -0.500 e. The SMILES string of the molecule is COc1cc(C=C2C(=O)NC(=O)N(c3ccccc3)C2=O)cc([N+](=O)[O-])c1O. The second-order valence-corrected chi connectivity index (χ2v) is 5.64. The Morgan fingerprint density at radius 2 is 1.86 bits per heavy atom. The van der Waals surface area contributed by atoms with E-state index >= 15 is 0 Å². The van der Waals surface area contributed by atoms with Crippen LogP contribution in [0.1, 0.15) is 5.56 Å². The molecule has 0 unspecified atom stereocenters. The summed E-state index contributed by atoms with van der Waals surface area (Å²) >= 11 is 0. The van der Waals surface area contributed by atoms with Crippen LogP contribution in [0.3, 0.4) is 0 Å². The number of nitrogens with zero attached hydrogens (tertiary/aromatic N) is 2. The first-order valence-electron chi connectivity index (χ1n) is 7.85. The standard InChI is InChI=1S/C18H13N3O7/c1-28-14-9-10(8-13(15(14)22)21(26)27)7-12-16(23)19-18(25)20(17(12)24)11-5-3-2-4-6-11/h2-9,22H,1H3,(H,19,23,25). The van der Waals surface area contributed by atoms with Gasteiger partial charge in [-0.1, -0.05) is 18.2 Å². The lowest BCUT2D eigenvalue weighted by Gasteiger charge is -2.26. The van der Waals surface area contributed by atoms with Gasteiger partial charge >= 0.3 is 11.7 Å². The van der Waals surface area contributed by atoms with E-state index in [0.717, 1.165) is 17.0 Å². The van der Waals surface area contributed by atoms with E-state index in [1.54, 1.807) is 18.2 Å². The number of hydrogen-bond acceptors (Lipinski definition) is 7. The molecule has 2 N–H and O–H groups in total. The van der Waals surface area contributed by atoms with Crippen molar-refractivity contribution in [1.29, 1.82) is 0 Å². The number of phenolic OH excluding ortho intramolecular Hbond substituents is 1. The van der Waals surface area contributed by atoms with Crippen molar-refractivity contribution in [3.05, 3.63) is 63.7 Å². The molecule has 2 aromatic rings. The summed E-state index contributed by atoms with van der Waals surface area (Å²) in [4.78, 5) is 48.1. The summed E-state index contributed by atoms with van der Waals surface area (Å²) in [5.41, 5.74) is -0.767. The Morgan fingerprint density at radius 3 is 2.46 bits per heavy atom. The molecule has 10 nitrogen and oxygen atoms in total. The highest BCUT2D eigenvalue weighted by molar-refractivity contribution is 6.39. The monoisotopic (exact) mass is 383 g/mol. The van der Waals surface area contributed by atoms with Crippen LogP contribution < -0.4 is 15.0 Å². The number of ether oxygens (including phenoxy) is 1. The van der Waals surface area contributed by atoms with Crippen molar-refractivity contribution in [2.75, 3.05) is 12.0 Å². The fourth-order valence-electron chi connectivity index (χ4n) is 2.63. The Labute approximate surface area is 157 Å². The van der Waals surface area contributed by atoms with Gasteiger partial charge in [-0.15, -0.1) is 0 Å². The third kappa shape index (κ3) is 3.26. The van der Waals surface area contributed by atoms with Crippen molar-refractivity contribution in [2.45, 2.75) is 0 Å². The molecule has 4 amide bonds. The molecule has 10 heteroatoms. The number of para-hydroxylation sites is 1. The highest BCUT2D eigenvalue weighted by atomic mass is 16.6. The number of phenols is 1. The summed E-state index contributed by atoms with van der Waals surface area (Å²) in [5, 5.41) is 23.0. The van der Waals surface area contributed by atoms with Crippen LogP contribution in [0, 0.1) is 10.1 Å². The number of carbonyl (C=O) groups excluding carboxylic acids is 3. The summed E-state index contributed by atoms with van der Waals surface area (Å²) in [5.74, 6) is -2.73. The third-order valence-electron chi connectivity index (χ3n) is 3.92. The number of anilines is 1. The molecule has 142 valence electrons. The van der Waals surface area contributed by atoms with Crippen LogP contribution in [-0.4, -0.2) is 35.0 Å². The minimum atomic E-state index is -0.947. The lowest BCUT2D eigenvalue weighted by molar-refractivity contribution is -0.386. The average Bonchev–Trinajstić information content (AvgIpc) is 2.66. The van der Waals surface area contributed by atoms with Crippen LogP contribution in [0.5, 0.6) is 11.5 Å². The Hall–Kier alpha value is -4.21. The van der Waals surface area contributed by atoms with Crippen LogP contribution in [0.15, 0.2) is 48.0 Å². The number of aromatic hydroxyl groups is 1. The molecule has 28 heavy (non-hydrogen) atoms. The molecule has 1 aliphatic heterocycles. The Balaban J connectivity index is 2.09. The maximum absolute atomic E-state index is 12.8. The highest BCUT2D eigenvalue weighted by Gasteiger charge is 2.37. The van der Waals surface area contributed by atoms with Crippen molar-refractivity contribution in [1.82, 2.24) is 5.32 Å². The van der Waals surface area contributed by atoms with Crippen LogP contribution in [0.4, 0.5) is 16.2 Å². The third-order valence-corrected chi connectivity index (χ3v) is 3.92. The van der Waals surface area contributed by atoms with Gasteiger partial charge < -0.3 is 9.84 Å². The number of hydrogen-bond donors (Lipinski definition) is 2.